The van der Waals surface area contributed by atoms with Gasteiger partial charge in [0.15, 0.2) is 0 Å². The van der Waals surface area contributed by atoms with E-state index in [9.17, 15) is 58.7 Å². The van der Waals surface area contributed by atoms with Gasteiger partial charge in [0.2, 0.25) is 0 Å². The van der Waals surface area contributed by atoms with E-state index in [2.05, 4.69) is 106 Å². The maximum atomic E-state index is 12.3. The molecule has 4 aliphatic rings. The third-order valence-electron chi connectivity index (χ3n) is 12.9. The maximum absolute atomic E-state index is 12.3. The second-order valence-electron chi connectivity index (χ2n) is 22.8. The largest absolute Gasteiger partial charge is 0.471 e. The van der Waals surface area contributed by atoms with Crippen LogP contribution in [-0.4, -0.2) is 174 Å². The van der Waals surface area contributed by atoms with Crippen LogP contribution in [-0.2, 0) is 202 Å². The molecule has 0 bridgehead atoms. The van der Waals surface area contributed by atoms with E-state index in [1.165, 1.54) is 22.3 Å². The Kier molecular flexibility index (Phi) is 56.9. The molecular formula is C68H96BrF9N8O7Y4-8. The first-order valence-corrected chi connectivity index (χ1v) is 31.1. The summed E-state index contributed by atoms with van der Waals surface area (Å²) in [6.45, 7) is 49.4. The van der Waals surface area contributed by atoms with Crippen molar-refractivity contribution in [3.8, 4) is 0 Å². The van der Waals surface area contributed by atoms with Crippen molar-refractivity contribution >= 4 is 40.1 Å². The van der Waals surface area contributed by atoms with Gasteiger partial charge in [0.25, 0.3) is 6.10 Å². The fourth-order valence-corrected chi connectivity index (χ4v) is 7.65. The number of hydrogen-bond donors (Lipinski definition) is 1. The number of alkyl halides is 10. The van der Waals surface area contributed by atoms with Crippen LogP contribution in [0.5, 0.6) is 0 Å². The van der Waals surface area contributed by atoms with E-state index in [4.69, 9.17) is 9.47 Å². The number of carbonyl (C=O) groups is 4. The van der Waals surface area contributed by atoms with Crippen LogP contribution in [0.2, 0.25) is 0 Å². The van der Waals surface area contributed by atoms with Gasteiger partial charge in [0, 0.05) is 183 Å². The Labute approximate surface area is 681 Å². The van der Waals surface area contributed by atoms with Gasteiger partial charge < -0.3 is 94.5 Å². The Morgan fingerprint density at radius 1 is 0.412 bits per heavy atom. The molecule has 540 valence electrons. The van der Waals surface area contributed by atoms with Crippen LogP contribution >= 0.6 is 15.9 Å². The van der Waals surface area contributed by atoms with Gasteiger partial charge in [-0.1, -0.05) is 113 Å². The topological polar surface area (TPSA) is 131 Å². The van der Waals surface area contributed by atoms with Crippen molar-refractivity contribution in [2.75, 3.05) is 79.3 Å². The Hall–Kier alpha value is -1.73. The molecule has 0 spiro atoms. The zero-order valence-electron chi connectivity index (χ0n) is 57.9. The first-order chi connectivity index (χ1) is 43.3. The first-order valence-electron chi connectivity index (χ1n) is 29.5. The van der Waals surface area contributed by atoms with Gasteiger partial charge in [-0.15, -0.1) is 52.4 Å². The first kappa shape index (κ1) is 104. The fraction of sp³-hybridized carbons (Fsp3) is 0.471. The SMILES string of the molecule is CBr.CC(C)(C)OC(=O)N1Cc2ccccc2C1.CC(C)(C)OC(=O)N1Cc2ccccc2C1.O=C(N1Cc2ccccc2C1)C(F)(F)F.O=C(OC(C(F)(F)F)C(F)(F)F)N1Cc2ccccc2C1.[CH2-]CN(C)C[CH2-].[CH2-]CN(C)C[CH2-].[CH2-]CN(C)C[CH2-].[CH2-]CNC[CH2-].[Y].[Y].[Y].[Y]. The van der Waals surface area contributed by atoms with Gasteiger partial charge in [0.05, 0.1) is 0 Å². The zero-order chi connectivity index (χ0) is 71.5. The van der Waals surface area contributed by atoms with Crippen LogP contribution in [0.3, 0.4) is 0 Å². The van der Waals surface area contributed by atoms with Crippen molar-refractivity contribution in [2.45, 2.75) is 130 Å². The van der Waals surface area contributed by atoms with Gasteiger partial charge in [0.1, 0.15) is 11.2 Å². The minimum Gasteiger partial charge on any atom is -0.444 e. The summed E-state index contributed by atoms with van der Waals surface area (Å²) >= 11 is 2.94. The van der Waals surface area contributed by atoms with Gasteiger partial charge >= 0.3 is 42.7 Å². The molecule has 4 aliphatic heterocycles. The average Bonchev–Trinajstić information content (AvgIpc) is 1.80. The number of fused-ring (bicyclic) bond motifs is 4. The Bertz CT molecular complexity index is 2570. The molecule has 8 rings (SSSR count). The maximum Gasteiger partial charge on any atom is 0.471 e. The molecule has 0 aromatic heterocycles. The van der Waals surface area contributed by atoms with Gasteiger partial charge in [-0.05, 0) is 113 Å². The molecule has 4 aromatic rings. The Morgan fingerprint density at radius 2 is 0.608 bits per heavy atom. The average molecular weight is 1740 g/mol. The van der Waals surface area contributed by atoms with Crippen LogP contribution < -0.4 is 5.32 Å². The molecule has 97 heavy (non-hydrogen) atoms. The van der Waals surface area contributed by atoms with Crippen molar-refractivity contribution in [1.82, 2.24) is 39.6 Å². The smallest absolute Gasteiger partial charge is 0.444 e. The predicted octanol–water partition coefficient (Wildman–Crippen LogP) is 14.6. The summed E-state index contributed by atoms with van der Waals surface area (Å²) in [7, 11) is 5.96. The number of amides is 4. The fourth-order valence-electron chi connectivity index (χ4n) is 7.65. The van der Waals surface area contributed by atoms with Crippen molar-refractivity contribution in [3.05, 3.63) is 197 Å². The van der Waals surface area contributed by atoms with Crippen LogP contribution in [0.1, 0.15) is 86.1 Å². The number of halogens is 10. The molecule has 15 nitrogen and oxygen atoms in total. The molecule has 0 atom stereocenters. The van der Waals surface area contributed by atoms with E-state index < -0.39 is 47.8 Å². The number of carbonyl (C=O) groups excluding carboxylic acids is 4. The van der Waals surface area contributed by atoms with Crippen LogP contribution in [0.15, 0.2) is 97.1 Å². The van der Waals surface area contributed by atoms with E-state index >= 15 is 0 Å². The van der Waals surface area contributed by atoms with Crippen LogP contribution in [0.4, 0.5) is 53.9 Å². The number of benzene rings is 4. The molecule has 0 fully saturated rings. The molecule has 29 heteroatoms. The molecule has 0 unspecified atom stereocenters. The monoisotopic (exact) mass is 1740 g/mol. The third kappa shape index (κ3) is 43.2. The van der Waals surface area contributed by atoms with E-state index in [0.717, 1.165) is 73.3 Å². The molecule has 4 aromatic carbocycles. The molecule has 0 aliphatic carbocycles. The number of rotatable bonds is 9. The van der Waals surface area contributed by atoms with E-state index in [1.54, 1.807) is 58.3 Å². The van der Waals surface area contributed by atoms with E-state index in [-0.39, 0.29) is 169 Å². The van der Waals surface area contributed by atoms with Crippen LogP contribution in [0.25, 0.3) is 0 Å². The quantitative estimate of drug-likeness (QED) is 0.0744. The second-order valence-corrected chi connectivity index (χ2v) is 22.8. The Balaban J connectivity index is -0.000000344. The molecular weight excluding hydrogens is 1650 g/mol. The van der Waals surface area contributed by atoms with Gasteiger partial charge in [-0.2, -0.15) is 39.5 Å². The minimum atomic E-state index is -5.71. The molecule has 4 heterocycles. The summed E-state index contributed by atoms with van der Waals surface area (Å²) in [5, 5.41) is 2.89. The number of nitrogens with zero attached hydrogens (tertiary/aromatic N) is 7. The summed E-state index contributed by atoms with van der Waals surface area (Å²) in [4.78, 5) is 57.3. The van der Waals surface area contributed by atoms with Crippen molar-refractivity contribution in [1.29, 1.82) is 0 Å². The predicted molar refractivity (Wildman–Crippen MR) is 352 cm³/mol. The summed E-state index contributed by atoms with van der Waals surface area (Å²) in [5.74, 6) is 0.0474. The third-order valence-corrected chi connectivity index (χ3v) is 12.9. The van der Waals surface area contributed by atoms with Crippen molar-refractivity contribution in [2.24, 2.45) is 0 Å². The standard InChI is InChI=1S/2C13H17NO2.C12H9F6NO2.C10H8F3NO.3C5H11N.C4H9N.CH3Br.4Y/c2*1-13(2,3)16-12(15)14-8-10-6-4-5-7-11(10)9-14;13-11(14,15)9(12(16,17)18)21-10(20)19-5-7-3-1-2-4-8(7)6-19;11-10(12,13)9(15)14-5-7-3-1-2-4-8(7)6-14;3*1-4-6(3)5-2;1-3-5-4-2;1-2;;;;/h2*4-7H,8-9H2,1-3H3;1-4,9H,5-6H2;1-4H,5-6H2;3*1-2,4-5H2,3H3;5H,1-4H2;1H3;;;;/q;;;;4*-2;;;;;. The van der Waals surface area contributed by atoms with Gasteiger partial charge in [-0.3, -0.25) is 19.5 Å². The molecule has 0 saturated carbocycles. The summed E-state index contributed by atoms with van der Waals surface area (Å²) in [6.07, 6.45) is -22.4. The van der Waals surface area contributed by atoms with E-state index in [0.29, 0.717) is 37.3 Å². The minimum absolute atomic E-state index is 0. The normalized spacial score (nSPS) is 12.9. The van der Waals surface area contributed by atoms with Crippen molar-refractivity contribution in [3.63, 3.8) is 0 Å². The molecule has 4 amide bonds. The summed E-state index contributed by atoms with van der Waals surface area (Å²) < 4.78 is 125. The van der Waals surface area contributed by atoms with Crippen molar-refractivity contribution < 1.29 is 204 Å². The number of ether oxygens (including phenoxy) is 3. The number of hydrogen-bond acceptors (Lipinski definition) is 11. The summed E-state index contributed by atoms with van der Waals surface area (Å²) in [5.41, 5.74) is 6.90. The zero-order valence-corrected chi connectivity index (χ0v) is 70.8. The Morgan fingerprint density at radius 3 is 0.753 bits per heavy atom. The molecule has 1 N–H and O–H groups in total. The molecule has 4 radical (unpaired) electrons. The van der Waals surface area contributed by atoms with E-state index in [1.807, 2.05) is 107 Å². The number of nitrogens with one attached hydrogen (secondary N) is 1. The van der Waals surface area contributed by atoms with Crippen LogP contribution in [0, 0.1) is 55.4 Å². The second kappa shape index (κ2) is 53.1. The molecule has 0 saturated heterocycles. The summed E-state index contributed by atoms with van der Waals surface area (Å²) in [6, 6.07) is 29.8. The van der Waals surface area contributed by atoms with Gasteiger partial charge in [-0.25, -0.2) is 14.4 Å².